The number of fused-ring (bicyclic) bond motifs is 1. The van der Waals surface area contributed by atoms with E-state index in [4.69, 9.17) is 11.6 Å². The van der Waals surface area contributed by atoms with Crippen LogP contribution in [-0.2, 0) is 5.54 Å². The Morgan fingerprint density at radius 1 is 0.971 bits per heavy atom. The molecule has 0 unspecified atom stereocenters. The van der Waals surface area contributed by atoms with Crippen LogP contribution in [0.4, 0.5) is 11.4 Å². The van der Waals surface area contributed by atoms with Crippen molar-refractivity contribution in [3.63, 3.8) is 0 Å². The van der Waals surface area contributed by atoms with Crippen LogP contribution < -0.4 is 9.80 Å². The van der Waals surface area contributed by atoms with Gasteiger partial charge in [0.2, 0.25) is 0 Å². The number of hydrogen-bond donors (Lipinski definition) is 0. The number of aromatic nitrogens is 3. The summed E-state index contributed by atoms with van der Waals surface area (Å²) in [4.78, 5) is 44.7. The Hall–Kier alpha value is -3.52. The van der Waals surface area contributed by atoms with E-state index < -0.39 is 5.54 Å². The van der Waals surface area contributed by atoms with Crippen LogP contribution in [0, 0.1) is 12.3 Å². The quantitative estimate of drug-likeness (QED) is 0.559. The first-order valence-electron chi connectivity index (χ1n) is 11.6. The summed E-state index contributed by atoms with van der Waals surface area (Å²) >= 11 is 6.22. The third-order valence-electron chi connectivity index (χ3n) is 7.36. The van der Waals surface area contributed by atoms with Crippen molar-refractivity contribution >= 4 is 34.8 Å². The number of halogens is 1. The number of carbonyl (C=O) groups excluding carboxylic acids is 2. The third kappa shape index (κ3) is 3.38. The van der Waals surface area contributed by atoms with Gasteiger partial charge in [-0.1, -0.05) is 11.6 Å². The van der Waals surface area contributed by atoms with E-state index in [0.29, 0.717) is 29.4 Å². The van der Waals surface area contributed by atoms with Gasteiger partial charge in [-0.05, 0) is 50.6 Å². The smallest absolute Gasteiger partial charge is 0.274 e. The number of carbonyl (C=O) groups is 2. The van der Waals surface area contributed by atoms with Gasteiger partial charge in [0.05, 0.1) is 41.2 Å². The van der Waals surface area contributed by atoms with Crippen molar-refractivity contribution in [1.29, 1.82) is 0 Å². The molecule has 2 fully saturated rings. The number of hydrogen-bond acceptors (Lipinski definition) is 6. The van der Waals surface area contributed by atoms with Crippen molar-refractivity contribution in [3.8, 4) is 0 Å². The Morgan fingerprint density at radius 3 is 2.43 bits per heavy atom. The predicted molar refractivity (Wildman–Crippen MR) is 133 cm³/mol. The number of aryl methyl sites for hydroxylation is 1. The SMILES string of the molecule is Cc1cnc(C(=O)N2CC3(C2)CN(c2cncc(N4C(=O)c5ccc(Cl)cc5C4(C)C)c2)C3)cn1. The van der Waals surface area contributed by atoms with E-state index in [-0.39, 0.29) is 17.2 Å². The Kier molecular flexibility index (Phi) is 4.70. The van der Waals surface area contributed by atoms with Crippen molar-refractivity contribution in [2.24, 2.45) is 5.41 Å². The van der Waals surface area contributed by atoms with E-state index >= 15 is 0 Å². The van der Waals surface area contributed by atoms with Crippen molar-refractivity contribution in [2.75, 3.05) is 36.0 Å². The zero-order chi connectivity index (χ0) is 24.5. The lowest BCUT2D eigenvalue weighted by atomic mass is 9.72. The molecule has 2 saturated heterocycles. The lowest BCUT2D eigenvalue weighted by molar-refractivity contribution is -0.0109. The molecule has 0 N–H and O–H groups in total. The molecule has 3 aromatic rings. The highest BCUT2D eigenvalue weighted by molar-refractivity contribution is 6.31. The maximum atomic E-state index is 13.3. The van der Waals surface area contributed by atoms with Crippen LogP contribution >= 0.6 is 11.6 Å². The highest BCUT2D eigenvalue weighted by Gasteiger charge is 2.53. The van der Waals surface area contributed by atoms with Crippen molar-refractivity contribution in [2.45, 2.75) is 26.3 Å². The molecular formula is C26H25ClN6O2. The highest BCUT2D eigenvalue weighted by Crippen LogP contribution is 2.45. The van der Waals surface area contributed by atoms with Gasteiger partial charge in [-0.25, -0.2) is 4.98 Å². The van der Waals surface area contributed by atoms with Crippen LogP contribution in [-0.4, -0.2) is 57.8 Å². The topological polar surface area (TPSA) is 82.5 Å². The van der Waals surface area contributed by atoms with Gasteiger partial charge in [0.25, 0.3) is 11.8 Å². The minimum Gasteiger partial charge on any atom is -0.369 e. The molecule has 1 spiro atoms. The van der Waals surface area contributed by atoms with Crippen LogP contribution in [0.5, 0.6) is 0 Å². The van der Waals surface area contributed by atoms with Gasteiger partial charge in [0.15, 0.2) is 0 Å². The van der Waals surface area contributed by atoms with Crippen LogP contribution in [0.1, 0.15) is 46.0 Å². The summed E-state index contributed by atoms with van der Waals surface area (Å²) < 4.78 is 0. The largest absolute Gasteiger partial charge is 0.369 e. The molecule has 0 radical (unpaired) electrons. The molecule has 3 aliphatic heterocycles. The standard InChI is InChI=1S/C26H25ClN6O2/c1-16-8-30-22(11-29-16)24(35)32-14-26(15-32)12-31(13-26)18-7-19(10-28-9-18)33-23(34)20-5-4-17(27)6-21(20)25(33,2)3/h4-11H,12-15H2,1-3H3. The number of likely N-dealkylation sites (tertiary alicyclic amines) is 1. The Morgan fingerprint density at radius 2 is 1.71 bits per heavy atom. The first-order valence-corrected chi connectivity index (χ1v) is 12.0. The van der Waals surface area contributed by atoms with Crippen LogP contribution in [0.15, 0.2) is 49.1 Å². The second-order valence-corrected chi connectivity index (χ2v) is 10.8. The van der Waals surface area contributed by atoms with E-state index in [1.807, 2.05) is 44.0 Å². The summed E-state index contributed by atoms with van der Waals surface area (Å²) in [7, 11) is 0. The molecule has 0 saturated carbocycles. The lowest BCUT2D eigenvalue weighted by Crippen LogP contribution is -2.73. The van der Waals surface area contributed by atoms with E-state index in [1.165, 1.54) is 0 Å². The molecule has 8 nitrogen and oxygen atoms in total. The molecule has 178 valence electrons. The van der Waals surface area contributed by atoms with E-state index in [2.05, 4.69) is 19.9 Å². The normalized spacial score (nSPS) is 19.4. The summed E-state index contributed by atoms with van der Waals surface area (Å²) in [5.74, 6) is -0.118. The zero-order valence-corrected chi connectivity index (χ0v) is 20.6. The number of pyridine rings is 1. The second-order valence-electron chi connectivity index (χ2n) is 10.4. The van der Waals surface area contributed by atoms with Gasteiger partial charge in [0, 0.05) is 48.4 Å². The predicted octanol–water partition coefficient (Wildman–Crippen LogP) is 3.69. The molecule has 6 rings (SSSR count). The third-order valence-corrected chi connectivity index (χ3v) is 7.59. The molecule has 3 aliphatic rings. The fourth-order valence-corrected chi connectivity index (χ4v) is 5.75. The molecular weight excluding hydrogens is 464 g/mol. The average molecular weight is 489 g/mol. The van der Waals surface area contributed by atoms with Gasteiger partial charge < -0.3 is 9.80 Å². The Balaban J connectivity index is 1.15. The van der Waals surface area contributed by atoms with Gasteiger partial charge in [-0.2, -0.15) is 0 Å². The summed E-state index contributed by atoms with van der Waals surface area (Å²) in [6, 6.07) is 7.45. The molecule has 1 aromatic carbocycles. The molecule has 2 aromatic heterocycles. The number of anilines is 2. The molecule has 2 amide bonds. The highest BCUT2D eigenvalue weighted by atomic mass is 35.5. The first-order chi connectivity index (χ1) is 16.7. The van der Waals surface area contributed by atoms with E-state index in [0.717, 1.165) is 35.7 Å². The summed E-state index contributed by atoms with van der Waals surface area (Å²) in [6.45, 7) is 9.00. The summed E-state index contributed by atoms with van der Waals surface area (Å²) in [6.07, 6.45) is 6.73. The minimum atomic E-state index is -0.540. The van der Waals surface area contributed by atoms with Crippen LogP contribution in [0.2, 0.25) is 5.02 Å². The van der Waals surface area contributed by atoms with E-state index in [1.54, 1.807) is 35.6 Å². The zero-order valence-electron chi connectivity index (χ0n) is 19.8. The molecule has 0 aliphatic carbocycles. The van der Waals surface area contributed by atoms with Crippen molar-refractivity contribution in [3.05, 3.63) is 76.6 Å². The molecule has 9 heteroatoms. The lowest BCUT2D eigenvalue weighted by Gasteiger charge is -2.60. The number of benzene rings is 1. The maximum Gasteiger partial charge on any atom is 0.274 e. The molecule has 5 heterocycles. The first kappa shape index (κ1) is 22.0. The van der Waals surface area contributed by atoms with Crippen molar-refractivity contribution < 1.29 is 9.59 Å². The fourth-order valence-electron chi connectivity index (χ4n) is 5.57. The Bertz CT molecular complexity index is 1360. The number of rotatable bonds is 3. The molecule has 0 atom stereocenters. The maximum absolute atomic E-state index is 13.3. The Labute approximate surface area is 208 Å². The molecule has 0 bridgehead atoms. The fraction of sp³-hybridized carbons (Fsp3) is 0.346. The van der Waals surface area contributed by atoms with Crippen LogP contribution in [0.3, 0.4) is 0 Å². The summed E-state index contributed by atoms with van der Waals surface area (Å²) in [5, 5.41) is 0.617. The minimum absolute atomic E-state index is 0.0481. The second kappa shape index (κ2) is 7.49. The average Bonchev–Trinajstić information content (AvgIpc) is 2.97. The van der Waals surface area contributed by atoms with Gasteiger partial charge in [-0.3, -0.25) is 24.5 Å². The number of nitrogens with zero attached hydrogens (tertiary/aromatic N) is 6. The van der Waals surface area contributed by atoms with Gasteiger partial charge in [0.1, 0.15) is 5.69 Å². The number of amides is 2. The van der Waals surface area contributed by atoms with Crippen molar-refractivity contribution in [1.82, 2.24) is 19.9 Å². The molecule has 35 heavy (non-hydrogen) atoms. The van der Waals surface area contributed by atoms with Gasteiger partial charge in [-0.15, -0.1) is 0 Å². The summed E-state index contributed by atoms with van der Waals surface area (Å²) in [5.41, 5.74) is 4.05. The van der Waals surface area contributed by atoms with E-state index in [9.17, 15) is 9.59 Å². The van der Waals surface area contributed by atoms with Crippen LogP contribution in [0.25, 0.3) is 0 Å². The monoisotopic (exact) mass is 488 g/mol. The van der Waals surface area contributed by atoms with Gasteiger partial charge >= 0.3 is 0 Å².